The highest BCUT2D eigenvalue weighted by molar-refractivity contribution is 7.46. The van der Waals surface area contributed by atoms with Crippen molar-refractivity contribution in [2.75, 3.05) is 17.7 Å². The van der Waals surface area contributed by atoms with Crippen molar-refractivity contribution >= 4 is 30.5 Å². The number of phosphoric ester groups is 1. The highest BCUT2D eigenvalue weighted by atomic mass is 31.2. The lowest BCUT2D eigenvalue weighted by Gasteiger charge is -2.29. The second kappa shape index (κ2) is 8.47. The molecule has 0 radical (unpaired) electrons. The van der Waals surface area contributed by atoms with Crippen molar-refractivity contribution in [1.29, 1.82) is 0 Å². The molecule has 2 aromatic heterocycles. The average molecular weight is 418 g/mol. The fourth-order valence-electron chi connectivity index (χ4n) is 2.57. The van der Waals surface area contributed by atoms with Gasteiger partial charge in [-0.3, -0.25) is 9.32 Å². The van der Waals surface area contributed by atoms with Gasteiger partial charge in [-0.2, -0.15) is 0 Å². The lowest BCUT2D eigenvalue weighted by Crippen LogP contribution is -2.44. The molecular formula is C14H23N6O7P. The monoisotopic (exact) mass is 418 g/mol. The summed E-state index contributed by atoms with van der Waals surface area (Å²) in [5.41, 5.74) is 5.25. The average Bonchev–Trinajstić information content (AvgIpc) is 2.62. The molecule has 0 amide bonds. The molecule has 0 saturated heterocycles. The van der Waals surface area contributed by atoms with Gasteiger partial charge in [-0.1, -0.05) is 6.92 Å². The number of nitrogens with two attached hydrogens (primary N) is 1. The first-order valence-corrected chi connectivity index (χ1v) is 9.75. The molecule has 0 aliphatic heterocycles. The van der Waals surface area contributed by atoms with Crippen molar-refractivity contribution in [2.24, 2.45) is 13.0 Å². The quantitative estimate of drug-likeness (QED) is 0.273. The van der Waals surface area contributed by atoms with E-state index in [1.807, 2.05) is 0 Å². The van der Waals surface area contributed by atoms with Crippen molar-refractivity contribution in [3.63, 3.8) is 0 Å². The summed E-state index contributed by atoms with van der Waals surface area (Å²) in [5, 5.41) is 27.4. The van der Waals surface area contributed by atoms with E-state index in [4.69, 9.17) is 15.5 Å². The number of nitrogens with zero attached hydrogens (tertiary/aromatic N) is 4. The van der Waals surface area contributed by atoms with E-state index in [9.17, 15) is 19.6 Å². The Morgan fingerprint density at radius 3 is 2.54 bits per heavy atom. The zero-order chi connectivity index (χ0) is 21.2. The predicted octanol–water partition coefficient (Wildman–Crippen LogP) is -1.43. The first-order valence-electron chi connectivity index (χ1n) is 8.22. The third kappa shape index (κ3) is 5.01. The number of hydrogen-bond donors (Lipinski definition) is 6. The van der Waals surface area contributed by atoms with Crippen LogP contribution in [-0.4, -0.2) is 64.6 Å². The molecule has 0 fully saturated rings. The van der Waals surface area contributed by atoms with Gasteiger partial charge in [-0.05, 0) is 6.92 Å². The molecular weight excluding hydrogens is 395 g/mol. The maximum Gasteiger partial charge on any atom is 0.469 e. The highest BCUT2D eigenvalue weighted by Crippen LogP contribution is 2.36. The largest absolute Gasteiger partial charge is 0.469 e. The third-order valence-electron chi connectivity index (χ3n) is 4.17. The van der Waals surface area contributed by atoms with Crippen LogP contribution in [0.2, 0.25) is 0 Å². The number of aliphatic hydroxyl groups is 2. The van der Waals surface area contributed by atoms with Gasteiger partial charge >= 0.3 is 7.82 Å². The van der Waals surface area contributed by atoms with E-state index in [0.717, 1.165) is 0 Å². The first kappa shape index (κ1) is 22.1. The van der Waals surface area contributed by atoms with Gasteiger partial charge in [0.15, 0.2) is 11.5 Å². The molecule has 0 bridgehead atoms. The Morgan fingerprint density at radius 1 is 1.29 bits per heavy atom. The Labute approximate surface area is 159 Å². The fraction of sp³-hybridized carbons (Fsp3) is 0.571. The molecule has 0 spiro atoms. The zero-order valence-corrected chi connectivity index (χ0v) is 16.3. The van der Waals surface area contributed by atoms with Gasteiger partial charge in [0.05, 0.1) is 18.8 Å². The van der Waals surface area contributed by atoms with E-state index in [0.29, 0.717) is 0 Å². The number of fused-ring (bicyclic) bond motifs is 1. The number of nitrogens with one attached hydrogen (secondary N) is 1. The Kier molecular flexibility index (Phi) is 6.70. The number of aliphatic hydroxyl groups excluding tert-OH is 2. The molecule has 0 aromatic carbocycles. The Hall–Kier alpha value is -2.15. The van der Waals surface area contributed by atoms with Gasteiger partial charge in [-0.25, -0.2) is 19.2 Å². The number of hydrogen-bond acceptors (Lipinski definition) is 10. The van der Waals surface area contributed by atoms with Gasteiger partial charge in [0.25, 0.3) is 0 Å². The SMILES string of the molecule is CC(COP(=O)(O)O)C(O)C(O)C(C)Nc1ncnc2c1c(=O)c(N)nn2C. The Morgan fingerprint density at radius 2 is 1.93 bits per heavy atom. The minimum Gasteiger partial charge on any atom is -0.390 e. The smallest absolute Gasteiger partial charge is 0.390 e. The first-order chi connectivity index (χ1) is 12.9. The summed E-state index contributed by atoms with van der Waals surface area (Å²) in [7, 11) is -3.14. The van der Waals surface area contributed by atoms with E-state index in [-0.39, 0.29) is 22.7 Å². The van der Waals surface area contributed by atoms with Crippen LogP contribution in [0, 0.1) is 5.92 Å². The van der Waals surface area contributed by atoms with Crippen LogP contribution in [0.5, 0.6) is 0 Å². The molecule has 4 unspecified atom stereocenters. The summed E-state index contributed by atoms with van der Waals surface area (Å²) >= 11 is 0. The molecule has 2 heterocycles. The summed E-state index contributed by atoms with van der Waals surface area (Å²) in [6.07, 6.45) is -1.55. The van der Waals surface area contributed by atoms with E-state index >= 15 is 0 Å². The molecule has 7 N–H and O–H groups in total. The summed E-state index contributed by atoms with van der Waals surface area (Å²) in [5.74, 6) is -0.941. The van der Waals surface area contributed by atoms with Crippen LogP contribution in [0.1, 0.15) is 13.8 Å². The molecule has 0 saturated carbocycles. The normalized spacial score (nSPS) is 16.5. The molecule has 156 valence electrons. The second-order valence-electron chi connectivity index (χ2n) is 6.44. The molecule has 14 heteroatoms. The summed E-state index contributed by atoms with van der Waals surface area (Å²) in [4.78, 5) is 37.8. The molecule has 28 heavy (non-hydrogen) atoms. The fourth-order valence-corrected chi connectivity index (χ4v) is 3.00. The van der Waals surface area contributed by atoms with Crippen LogP contribution in [0.15, 0.2) is 11.1 Å². The van der Waals surface area contributed by atoms with Crippen LogP contribution >= 0.6 is 7.82 Å². The number of aromatic nitrogens is 4. The lowest BCUT2D eigenvalue weighted by atomic mass is 9.96. The molecule has 2 rings (SSSR count). The number of nitrogen functional groups attached to an aromatic ring is 1. The summed E-state index contributed by atoms with van der Waals surface area (Å²) < 4.78 is 16.4. The van der Waals surface area contributed by atoms with Crippen molar-refractivity contribution in [2.45, 2.75) is 32.1 Å². The van der Waals surface area contributed by atoms with Crippen molar-refractivity contribution < 1.29 is 29.1 Å². The third-order valence-corrected chi connectivity index (χ3v) is 4.65. The van der Waals surface area contributed by atoms with Gasteiger partial charge in [0.1, 0.15) is 23.6 Å². The maximum absolute atomic E-state index is 12.4. The second-order valence-corrected chi connectivity index (χ2v) is 7.68. The van der Waals surface area contributed by atoms with Crippen molar-refractivity contribution in [3.05, 3.63) is 16.6 Å². The van der Waals surface area contributed by atoms with Gasteiger partial charge in [0.2, 0.25) is 5.43 Å². The predicted molar refractivity (Wildman–Crippen MR) is 99.2 cm³/mol. The number of aryl methyl sites for hydroxylation is 1. The van der Waals surface area contributed by atoms with Crippen LogP contribution < -0.4 is 16.5 Å². The Bertz CT molecular complexity index is 948. The van der Waals surface area contributed by atoms with Crippen molar-refractivity contribution in [3.8, 4) is 0 Å². The summed E-state index contributed by atoms with van der Waals surface area (Å²) in [6.45, 7) is 2.53. The molecule has 2 aromatic rings. The molecule has 0 aliphatic rings. The number of phosphoric acid groups is 1. The highest BCUT2D eigenvalue weighted by Gasteiger charge is 2.30. The van der Waals surface area contributed by atoms with Gasteiger partial charge in [-0.15, -0.1) is 5.10 Å². The van der Waals surface area contributed by atoms with E-state index in [1.165, 1.54) is 24.9 Å². The minimum absolute atomic E-state index is 0.0731. The zero-order valence-electron chi connectivity index (χ0n) is 15.4. The van der Waals surface area contributed by atoms with Gasteiger partial charge < -0.3 is 31.1 Å². The number of rotatable bonds is 8. The van der Waals surface area contributed by atoms with E-state index in [1.54, 1.807) is 7.05 Å². The standard InChI is InChI=1S/C14H23N6O7P/c1-6(4-27-28(24,25)26)9(21)10(22)7(2)18-13-8-11(23)12(15)19-20(3)14(8)17-5-16-13/h5-7,9-10,21-22H,4H2,1-3H3,(H2,15,19)(H,16,17,18)(H2,24,25,26). The maximum atomic E-state index is 12.4. The molecule has 0 aliphatic carbocycles. The van der Waals surface area contributed by atoms with Crippen LogP contribution in [0.4, 0.5) is 11.6 Å². The van der Waals surface area contributed by atoms with E-state index in [2.05, 4.69) is 24.9 Å². The molecule has 13 nitrogen and oxygen atoms in total. The van der Waals surface area contributed by atoms with E-state index < -0.39 is 44.0 Å². The molecule has 4 atom stereocenters. The Balaban J connectivity index is 2.21. The minimum atomic E-state index is -4.69. The van der Waals surface area contributed by atoms with Gasteiger partial charge in [0, 0.05) is 13.0 Å². The van der Waals surface area contributed by atoms with Crippen LogP contribution in [0.25, 0.3) is 11.0 Å². The van der Waals surface area contributed by atoms with Crippen LogP contribution in [0.3, 0.4) is 0 Å². The lowest BCUT2D eigenvalue weighted by molar-refractivity contribution is -0.0321. The van der Waals surface area contributed by atoms with Crippen molar-refractivity contribution in [1.82, 2.24) is 19.7 Å². The number of anilines is 2. The van der Waals surface area contributed by atoms with Crippen LogP contribution in [-0.2, 0) is 16.1 Å². The summed E-state index contributed by atoms with van der Waals surface area (Å²) in [6, 6.07) is -0.801. The topological polar surface area (TPSA) is 206 Å².